The molecular weight excluding hydrogens is 250 g/mol. The zero-order valence-electron chi connectivity index (χ0n) is 11.5. The van der Waals surface area contributed by atoms with Gasteiger partial charge in [0.25, 0.3) is 0 Å². The van der Waals surface area contributed by atoms with E-state index in [1.807, 2.05) is 28.8 Å². The quantitative estimate of drug-likeness (QED) is 0.901. The molecule has 20 heavy (non-hydrogen) atoms. The second kappa shape index (κ2) is 6.04. The van der Waals surface area contributed by atoms with E-state index in [2.05, 4.69) is 21.3 Å². The van der Waals surface area contributed by atoms with Gasteiger partial charge in [0.15, 0.2) is 5.69 Å². The highest BCUT2D eigenvalue weighted by molar-refractivity contribution is 5.58. The molecule has 0 aliphatic carbocycles. The van der Waals surface area contributed by atoms with Crippen molar-refractivity contribution in [2.75, 3.05) is 32.7 Å². The van der Waals surface area contributed by atoms with Crippen LogP contribution in [0.2, 0.25) is 0 Å². The van der Waals surface area contributed by atoms with Crippen molar-refractivity contribution in [2.24, 2.45) is 0 Å². The fraction of sp³-hybridized carbons (Fsp3) is 0.467. The average molecular weight is 269 g/mol. The van der Waals surface area contributed by atoms with Crippen molar-refractivity contribution in [3.8, 4) is 6.07 Å². The van der Waals surface area contributed by atoms with E-state index in [0.29, 0.717) is 5.69 Å². The van der Waals surface area contributed by atoms with Crippen molar-refractivity contribution >= 4 is 5.52 Å². The minimum atomic E-state index is 0.530. The summed E-state index contributed by atoms with van der Waals surface area (Å²) in [7, 11) is 0. The maximum atomic E-state index is 9.14. The lowest BCUT2D eigenvalue weighted by molar-refractivity contribution is 0.238. The molecule has 5 nitrogen and oxygen atoms in total. The van der Waals surface area contributed by atoms with Crippen LogP contribution in [0.4, 0.5) is 0 Å². The molecule has 1 fully saturated rings. The third kappa shape index (κ3) is 2.67. The first-order valence-electron chi connectivity index (χ1n) is 7.17. The fourth-order valence-corrected chi connectivity index (χ4v) is 2.76. The maximum absolute atomic E-state index is 9.14. The number of nitrogens with zero attached hydrogens (tertiary/aromatic N) is 4. The van der Waals surface area contributed by atoms with Gasteiger partial charge in [0.2, 0.25) is 0 Å². The predicted molar refractivity (Wildman–Crippen MR) is 77.5 cm³/mol. The number of nitriles is 1. The molecule has 0 amide bonds. The standard InChI is InChI=1S/C15H19N5/c16-12-13-14-4-1-2-9-20(14)15(18-13)5-3-8-19-10-6-17-7-11-19/h1-2,4,9,17H,3,5-8,10-11H2. The molecular formula is C15H19N5. The zero-order valence-corrected chi connectivity index (χ0v) is 11.5. The third-order valence-electron chi connectivity index (χ3n) is 3.81. The monoisotopic (exact) mass is 269 g/mol. The highest BCUT2D eigenvalue weighted by Crippen LogP contribution is 2.13. The summed E-state index contributed by atoms with van der Waals surface area (Å²) in [6, 6.07) is 8.06. The number of aryl methyl sites for hydroxylation is 1. The number of fused-ring (bicyclic) bond motifs is 1. The second-order valence-electron chi connectivity index (χ2n) is 5.14. The van der Waals surface area contributed by atoms with Crippen LogP contribution in [0.1, 0.15) is 17.9 Å². The summed E-state index contributed by atoms with van der Waals surface area (Å²) in [6.45, 7) is 5.54. The molecule has 0 unspecified atom stereocenters. The lowest BCUT2D eigenvalue weighted by Gasteiger charge is -2.26. The van der Waals surface area contributed by atoms with Crippen molar-refractivity contribution in [2.45, 2.75) is 12.8 Å². The van der Waals surface area contributed by atoms with Crippen LogP contribution < -0.4 is 5.32 Å². The first-order chi connectivity index (χ1) is 9.88. The maximum Gasteiger partial charge on any atom is 0.166 e. The van der Waals surface area contributed by atoms with Crippen molar-refractivity contribution in [1.29, 1.82) is 5.26 Å². The normalized spacial score (nSPS) is 16.4. The average Bonchev–Trinajstić information content (AvgIpc) is 2.87. The van der Waals surface area contributed by atoms with Crippen molar-refractivity contribution in [3.63, 3.8) is 0 Å². The molecule has 0 bridgehead atoms. The Hall–Kier alpha value is -1.90. The van der Waals surface area contributed by atoms with Gasteiger partial charge in [0.05, 0.1) is 5.52 Å². The number of imidazole rings is 1. The molecule has 1 saturated heterocycles. The third-order valence-corrected chi connectivity index (χ3v) is 3.81. The van der Waals surface area contributed by atoms with E-state index in [-0.39, 0.29) is 0 Å². The van der Waals surface area contributed by atoms with Gasteiger partial charge in [-0.05, 0) is 25.1 Å². The molecule has 1 aliphatic rings. The van der Waals surface area contributed by atoms with Crippen LogP contribution in [0.15, 0.2) is 24.4 Å². The van der Waals surface area contributed by atoms with Crippen molar-refractivity contribution < 1.29 is 0 Å². The number of hydrogen-bond donors (Lipinski definition) is 1. The minimum Gasteiger partial charge on any atom is -0.314 e. The predicted octanol–water partition coefficient (Wildman–Crippen LogP) is 1.04. The van der Waals surface area contributed by atoms with Crippen LogP contribution in [0.5, 0.6) is 0 Å². The molecule has 3 rings (SSSR count). The van der Waals surface area contributed by atoms with Gasteiger partial charge in [-0.25, -0.2) is 4.98 Å². The lowest BCUT2D eigenvalue weighted by atomic mass is 10.2. The summed E-state index contributed by atoms with van der Waals surface area (Å²) in [5, 5.41) is 12.5. The first-order valence-corrected chi connectivity index (χ1v) is 7.17. The molecule has 0 atom stereocenters. The SMILES string of the molecule is N#Cc1nc(CCCN2CCNCC2)n2ccccc12. The molecule has 1 aliphatic heterocycles. The van der Waals surface area contributed by atoms with Crippen LogP contribution in [-0.2, 0) is 6.42 Å². The molecule has 1 N–H and O–H groups in total. The largest absolute Gasteiger partial charge is 0.314 e. The molecule has 0 radical (unpaired) electrons. The minimum absolute atomic E-state index is 0.530. The summed E-state index contributed by atoms with van der Waals surface area (Å²) in [4.78, 5) is 6.95. The van der Waals surface area contributed by atoms with Crippen LogP contribution in [0, 0.1) is 11.3 Å². The summed E-state index contributed by atoms with van der Waals surface area (Å²) < 4.78 is 2.04. The number of hydrogen-bond acceptors (Lipinski definition) is 4. The van der Waals surface area contributed by atoms with E-state index < -0.39 is 0 Å². The van der Waals surface area contributed by atoms with Gasteiger partial charge in [-0.3, -0.25) is 0 Å². The van der Waals surface area contributed by atoms with E-state index in [0.717, 1.165) is 56.9 Å². The smallest absolute Gasteiger partial charge is 0.166 e. The van der Waals surface area contributed by atoms with Crippen molar-refractivity contribution in [1.82, 2.24) is 19.6 Å². The Labute approximate surface area is 118 Å². The van der Waals surface area contributed by atoms with E-state index in [9.17, 15) is 0 Å². The molecule has 0 saturated carbocycles. The second-order valence-corrected chi connectivity index (χ2v) is 5.14. The Kier molecular flexibility index (Phi) is 3.95. The Morgan fingerprint density at radius 3 is 2.95 bits per heavy atom. The first kappa shape index (κ1) is 13.1. The molecule has 104 valence electrons. The summed E-state index contributed by atoms with van der Waals surface area (Å²) in [5.74, 6) is 0.993. The highest BCUT2D eigenvalue weighted by atomic mass is 15.2. The number of pyridine rings is 1. The Morgan fingerprint density at radius 2 is 2.15 bits per heavy atom. The van der Waals surface area contributed by atoms with Gasteiger partial charge in [-0.1, -0.05) is 6.07 Å². The zero-order chi connectivity index (χ0) is 13.8. The Balaban J connectivity index is 1.67. The van der Waals surface area contributed by atoms with Crippen LogP contribution >= 0.6 is 0 Å². The van der Waals surface area contributed by atoms with Gasteiger partial charge < -0.3 is 14.6 Å². The summed E-state index contributed by atoms with van der Waals surface area (Å²) in [5.41, 5.74) is 1.44. The van der Waals surface area contributed by atoms with Crippen LogP contribution in [0.3, 0.4) is 0 Å². The molecule has 3 heterocycles. The van der Waals surface area contributed by atoms with E-state index in [1.165, 1.54) is 0 Å². The van der Waals surface area contributed by atoms with Gasteiger partial charge in [-0.2, -0.15) is 5.26 Å². The summed E-state index contributed by atoms with van der Waals surface area (Å²) in [6.07, 6.45) is 3.99. The van der Waals surface area contributed by atoms with Gasteiger partial charge in [0, 0.05) is 38.8 Å². The van der Waals surface area contributed by atoms with E-state index >= 15 is 0 Å². The van der Waals surface area contributed by atoms with Crippen molar-refractivity contribution in [3.05, 3.63) is 35.9 Å². The highest BCUT2D eigenvalue weighted by Gasteiger charge is 2.12. The topological polar surface area (TPSA) is 56.4 Å². The Bertz CT molecular complexity index is 619. The number of piperazine rings is 1. The molecule has 0 spiro atoms. The molecule has 0 aromatic carbocycles. The van der Waals surface area contributed by atoms with E-state index in [4.69, 9.17) is 5.26 Å². The summed E-state index contributed by atoms with van der Waals surface area (Å²) >= 11 is 0. The number of rotatable bonds is 4. The molecule has 2 aromatic heterocycles. The Morgan fingerprint density at radius 1 is 1.30 bits per heavy atom. The molecule has 5 heteroatoms. The fourth-order valence-electron chi connectivity index (χ4n) is 2.76. The van der Waals surface area contributed by atoms with E-state index in [1.54, 1.807) is 0 Å². The number of aromatic nitrogens is 2. The number of nitrogens with one attached hydrogen (secondary N) is 1. The van der Waals surface area contributed by atoms with Gasteiger partial charge in [-0.15, -0.1) is 0 Å². The van der Waals surface area contributed by atoms with Crippen LogP contribution in [0.25, 0.3) is 5.52 Å². The molecule has 2 aromatic rings. The van der Waals surface area contributed by atoms with Gasteiger partial charge >= 0.3 is 0 Å². The van der Waals surface area contributed by atoms with Crippen LogP contribution in [-0.4, -0.2) is 47.0 Å². The van der Waals surface area contributed by atoms with Gasteiger partial charge in [0.1, 0.15) is 11.9 Å². The lowest BCUT2D eigenvalue weighted by Crippen LogP contribution is -2.43.